The number of fused-ring (bicyclic) bond motifs is 4. The van der Waals surface area contributed by atoms with Gasteiger partial charge in [0.25, 0.3) is 0 Å². The molecular weight excluding hydrogens is 909 g/mol. The molecule has 4 aliphatic carbocycles. The van der Waals surface area contributed by atoms with Crippen LogP contribution in [-0.2, 0) is 28.1 Å². The van der Waals surface area contributed by atoms with Crippen LogP contribution in [0, 0.1) is 0 Å². The molecule has 270 valence electrons. The molecular formula is C44H50Cl4Si2Zr2. The molecule has 4 unspecified atom stereocenters. The Morgan fingerprint density at radius 2 is 0.769 bits per heavy atom. The molecule has 4 atom stereocenters. The predicted molar refractivity (Wildman–Crippen MR) is 233 cm³/mol. The van der Waals surface area contributed by atoms with E-state index in [1.165, 1.54) is 44.5 Å². The van der Waals surface area contributed by atoms with Crippen molar-refractivity contribution in [1.82, 2.24) is 0 Å². The van der Waals surface area contributed by atoms with Gasteiger partial charge in [0.1, 0.15) is 0 Å². The second-order valence-corrected chi connectivity index (χ2v) is 124. The van der Waals surface area contributed by atoms with Crippen molar-refractivity contribution in [3.8, 4) is 0 Å². The molecule has 4 aliphatic rings. The maximum atomic E-state index is 9.69. The van der Waals surface area contributed by atoms with Crippen LogP contribution in [-0.4, -0.2) is 13.3 Å². The van der Waals surface area contributed by atoms with E-state index in [1.54, 1.807) is 0 Å². The number of halogens is 4. The summed E-state index contributed by atoms with van der Waals surface area (Å²) in [4.78, 5) is 0. The Balaban J connectivity index is 1.58. The Bertz CT molecular complexity index is 1970. The molecule has 8 rings (SSSR count). The second kappa shape index (κ2) is 12.6. The first-order valence-electron chi connectivity index (χ1n) is 19.5. The molecule has 0 aliphatic heterocycles. The molecule has 0 fully saturated rings. The molecule has 0 nitrogen and oxygen atoms in total. The zero-order valence-electron chi connectivity index (χ0n) is 30.5. The molecule has 0 N–H and O–H groups in total. The molecule has 4 aromatic carbocycles. The fraction of sp³-hybridized carbons (Fsp3) is 0.273. The maximum absolute atomic E-state index is 9.69. The first kappa shape index (κ1) is 38.1. The topological polar surface area (TPSA) is 0 Å². The van der Waals surface area contributed by atoms with Gasteiger partial charge in [-0.1, -0.05) is 0 Å². The van der Waals surface area contributed by atoms with Gasteiger partial charge in [0.2, 0.25) is 0 Å². The van der Waals surface area contributed by atoms with Crippen LogP contribution in [0.1, 0.15) is 91.6 Å². The van der Waals surface area contributed by atoms with Crippen LogP contribution in [0.2, 0.25) is 14.4 Å². The van der Waals surface area contributed by atoms with Crippen molar-refractivity contribution in [2.75, 3.05) is 0 Å². The van der Waals surface area contributed by atoms with Crippen molar-refractivity contribution < 1.29 is 28.1 Å². The number of rotatable bonds is 12. The molecule has 0 heterocycles. The van der Waals surface area contributed by atoms with Gasteiger partial charge in [-0.3, -0.25) is 0 Å². The summed E-state index contributed by atoms with van der Waals surface area (Å²) in [6.07, 6.45) is 23.1. The van der Waals surface area contributed by atoms with Gasteiger partial charge >= 0.3 is 327 Å². The molecule has 4 aromatic rings. The van der Waals surface area contributed by atoms with E-state index in [0.29, 0.717) is 0 Å². The molecule has 0 amide bonds. The third kappa shape index (κ3) is 4.81. The minimum absolute atomic E-state index is 0.119. The van der Waals surface area contributed by atoms with Crippen molar-refractivity contribution >= 4 is 71.6 Å². The Morgan fingerprint density at radius 3 is 1.04 bits per heavy atom. The molecule has 0 spiro atoms. The van der Waals surface area contributed by atoms with Gasteiger partial charge in [0.05, 0.1) is 0 Å². The molecule has 0 bridgehead atoms. The van der Waals surface area contributed by atoms with E-state index in [-0.39, 0.29) is 15.8 Å². The monoisotopic (exact) mass is 954 g/mol. The summed E-state index contributed by atoms with van der Waals surface area (Å²) >= 11 is -12.5. The van der Waals surface area contributed by atoms with Crippen LogP contribution >= 0.6 is 34.1 Å². The fourth-order valence-corrected chi connectivity index (χ4v) is 268. The van der Waals surface area contributed by atoms with Crippen molar-refractivity contribution in [1.29, 1.82) is 0 Å². The molecule has 8 heteroatoms. The van der Waals surface area contributed by atoms with E-state index in [2.05, 4.69) is 166 Å². The first-order valence-corrected chi connectivity index (χ1v) is 55.4. The first-order chi connectivity index (χ1) is 24.9. The van der Waals surface area contributed by atoms with Gasteiger partial charge in [0, 0.05) is 0 Å². The fourth-order valence-electron chi connectivity index (χ4n) is 12.6. The SMILES string of the molecule is CCCCC[CH]([Zr]([Cl])([Cl])([SiH2]C)([CH]1C=Cc2ccccc21)[CH]1C=Cc2ccccc21)[Zr]([Cl])([Cl])([SiH2]C)([CH]1C=Cc2ccccc21)[CH]1C=Cc2ccccc21. The van der Waals surface area contributed by atoms with Gasteiger partial charge in [-0.15, -0.1) is 0 Å². The molecule has 0 aromatic heterocycles. The van der Waals surface area contributed by atoms with E-state index < -0.39 is 41.4 Å². The van der Waals surface area contributed by atoms with E-state index in [9.17, 15) is 34.1 Å². The second-order valence-electron chi connectivity index (χ2n) is 16.8. The van der Waals surface area contributed by atoms with E-state index >= 15 is 0 Å². The normalized spacial score (nSPS) is 24.8. The van der Waals surface area contributed by atoms with Crippen LogP contribution in [0.3, 0.4) is 0 Å². The van der Waals surface area contributed by atoms with Gasteiger partial charge in [-0.25, -0.2) is 0 Å². The summed E-state index contributed by atoms with van der Waals surface area (Å²) in [5.74, 6) is 0. The quantitative estimate of drug-likeness (QED) is 0.0980. The number of hydrogen-bond donors (Lipinski definition) is 0. The van der Waals surface area contributed by atoms with Gasteiger partial charge < -0.3 is 0 Å². The summed E-state index contributed by atoms with van der Waals surface area (Å²) < 4.78 is -0.657. The number of hydrogen-bond acceptors (Lipinski definition) is 0. The van der Waals surface area contributed by atoms with Crippen LogP contribution < -0.4 is 0 Å². The standard InChI is InChI=1S/4C9H7.C6H12.2CH5Si.4ClH.2Zr/c4*1-2-5-9-7-3-6-8(9)4-1;1-3-5-6-4-2;2*1-2;;;;;;/h4*1-7H;1H,3-6H2,2H3;2*2H2,1H3;4*1H;;/q;;;;;;;;;;;2*+2/p-4. The van der Waals surface area contributed by atoms with E-state index in [1.807, 2.05) is 0 Å². The van der Waals surface area contributed by atoms with Gasteiger partial charge in [-0.05, 0) is 0 Å². The van der Waals surface area contributed by atoms with Crippen LogP contribution in [0.4, 0.5) is 0 Å². The van der Waals surface area contributed by atoms with Gasteiger partial charge in [0.15, 0.2) is 0 Å². The van der Waals surface area contributed by atoms with Crippen molar-refractivity contribution in [2.24, 2.45) is 0 Å². The Kier molecular flexibility index (Phi) is 9.23. The van der Waals surface area contributed by atoms with E-state index in [0.717, 1.165) is 25.7 Å². The molecule has 0 radical (unpaired) electrons. The summed E-state index contributed by atoms with van der Waals surface area (Å²) in [5.41, 5.74) is 10.0. The van der Waals surface area contributed by atoms with Gasteiger partial charge in [-0.2, -0.15) is 0 Å². The van der Waals surface area contributed by atoms with Crippen molar-refractivity contribution in [3.05, 3.63) is 166 Å². The van der Waals surface area contributed by atoms with Crippen LogP contribution in [0.5, 0.6) is 0 Å². The predicted octanol–water partition coefficient (Wildman–Crippen LogP) is 13.7. The zero-order valence-corrected chi connectivity index (χ0v) is 41.3. The van der Waals surface area contributed by atoms with E-state index in [4.69, 9.17) is 0 Å². The Hall–Kier alpha value is -0.800. The number of benzene rings is 4. The summed E-state index contributed by atoms with van der Waals surface area (Å²) in [7, 11) is 38.7. The molecule has 0 saturated carbocycles. The Morgan fingerprint density at radius 1 is 0.481 bits per heavy atom. The minimum atomic E-state index is -6.24. The third-order valence-corrected chi connectivity index (χ3v) is 175. The van der Waals surface area contributed by atoms with Crippen molar-refractivity contribution in [2.45, 2.75) is 61.5 Å². The van der Waals surface area contributed by atoms with Crippen LogP contribution in [0.25, 0.3) is 24.3 Å². The van der Waals surface area contributed by atoms with Crippen molar-refractivity contribution in [3.63, 3.8) is 0 Å². The molecule has 52 heavy (non-hydrogen) atoms. The average Bonchev–Trinajstić information content (AvgIpc) is 3.99. The number of allylic oxidation sites excluding steroid dienone is 4. The van der Waals surface area contributed by atoms with Crippen LogP contribution in [0.15, 0.2) is 121 Å². The third-order valence-electron chi connectivity index (χ3n) is 15.1. The average molecular weight is 959 g/mol. The summed E-state index contributed by atoms with van der Waals surface area (Å²) in [6.45, 7) is 4.66. The summed E-state index contributed by atoms with van der Waals surface area (Å²) in [6, 6.07) is 35.5. The Labute approximate surface area is 323 Å². The summed E-state index contributed by atoms with van der Waals surface area (Å²) in [5, 5.41) is 0. The zero-order chi connectivity index (χ0) is 36.5. The number of unbranched alkanes of at least 4 members (excludes halogenated alkanes) is 2. The molecule has 0 saturated heterocycles.